The number of thioether (sulfide) groups is 1. The quantitative estimate of drug-likeness (QED) is 0.431. The highest BCUT2D eigenvalue weighted by atomic mass is 35.5. The number of hydrogen-bond acceptors (Lipinski definition) is 4. The van der Waals surface area contributed by atoms with Gasteiger partial charge in [0.25, 0.3) is 5.91 Å². The number of fused-ring (bicyclic) bond motifs is 1. The molecule has 3 rings (SSSR count). The van der Waals surface area contributed by atoms with Crippen molar-refractivity contribution < 1.29 is 9.53 Å². The first-order chi connectivity index (χ1) is 13.6. The topological polar surface area (TPSA) is 43.6 Å². The predicted molar refractivity (Wildman–Crippen MR) is 120 cm³/mol. The summed E-state index contributed by atoms with van der Waals surface area (Å²) in [6.07, 6.45) is 4.17. The lowest BCUT2D eigenvalue weighted by atomic mass is 10.2. The molecule has 7 heteroatoms. The number of rotatable bonds is 8. The highest BCUT2D eigenvalue weighted by molar-refractivity contribution is 7.98. The Morgan fingerprint density at radius 1 is 1.25 bits per heavy atom. The van der Waals surface area contributed by atoms with Crippen molar-refractivity contribution in [2.75, 3.05) is 18.6 Å². The number of halogens is 1. The van der Waals surface area contributed by atoms with Gasteiger partial charge in [0, 0.05) is 22.9 Å². The summed E-state index contributed by atoms with van der Waals surface area (Å²) in [7, 11) is 0. The summed E-state index contributed by atoms with van der Waals surface area (Å²) in [5.74, 6) is 1.46. The van der Waals surface area contributed by atoms with Crippen molar-refractivity contribution in [2.24, 2.45) is 4.99 Å². The minimum absolute atomic E-state index is 0.254. The lowest BCUT2D eigenvalue weighted by Crippen LogP contribution is -2.18. The number of hydrogen-bond donors (Lipinski definition) is 0. The molecule has 0 radical (unpaired) electrons. The smallest absolute Gasteiger partial charge is 0.279 e. The molecule has 1 heterocycles. The Balaban J connectivity index is 1.89. The maximum Gasteiger partial charge on any atom is 0.279 e. The molecule has 0 aliphatic rings. The largest absolute Gasteiger partial charge is 0.494 e. The van der Waals surface area contributed by atoms with E-state index in [1.54, 1.807) is 23.9 Å². The third kappa shape index (κ3) is 5.19. The Morgan fingerprint density at radius 2 is 2.04 bits per heavy atom. The molecule has 0 saturated heterocycles. The number of aromatic nitrogens is 1. The van der Waals surface area contributed by atoms with Crippen LogP contribution in [-0.2, 0) is 6.54 Å². The van der Waals surface area contributed by atoms with Crippen LogP contribution in [0.3, 0.4) is 0 Å². The van der Waals surface area contributed by atoms with E-state index < -0.39 is 0 Å². The van der Waals surface area contributed by atoms with E-state index in [9.17, 15) is 4.79 Å². The SMILES string of the molecule is CCCCOc1ccc(C(=O)N=c2sc3cc(Cl)ccc3n2CCSC)cc1. The fraction of sp³-hybridized carbons (Fsp3) is 0.333. The standard InChI is InChI=1S/C21H23ClN2O2S2/c1-3-4-12-26-17-8-5-15(6-9-17)20(25)23-21-24(11-13-27-2)18-10-7-16(22)14-19(18)28-21/h5-10,14H,3-4,11-13H2,1-2H3. The average Bonchev–Trinajstić information content (AvgIpc) is 3.02. The monoisotopic (exact) mass is 434 g/mol. The Morgan fingerprint density at radius 3 is 2.75 bits per heavy atom. The van der Waals surface area contributed by atoms with E-state index in [4.69, 9.17) is 16.3 Å². The van der Waals surface area contributed by atoms with Gasteiger partial charge in [-0.3, -0.25) is 4.79 Å². The zero-order valence-electron chi connectivity index (χ0n) is 16.0. The Labute approximate surface area is 178 Å². The van der Waals surface area contributed by atoms with Crippen LogP contribution >= 0.6 is 34.7 Å². The van der Waals surface area contributed by atoms with Crippen molar-refractivity contribution in [3.63, 3.8) is 0 Å². The van der Waals surface area contributed by atoms with Crippen LogP contribution < -0.4 is 9.54 Å². The molecular weight excluding hydrogens is 412 g/mol. The summed E-state index contributed by atoms with van der Waals surface area (Å²) in [5, 5.41) is 0.683. The first-order valence-electron chi connectivity index (χ1n) is 9.22. The molecule has 0 N–H and O–H groups in total. The summed E-state index contributed by atoms with van der Waals surface area (Å²) in [4.78, 5) is 17.8. The van der Waals surface area contributed by atoms with Gasteiger partial charge in [0.2, 0.25) is 0 Å². The van der Waals surface area contributed by atoms with Crippen molar-refractivity contribution >= 4 is 50.8 Å². The normalized spacial score (nSPS) is 11.9. The van der Waals surface area contributed by atoms with Gasteiger partial charge >= 0.3 is 0 Å². The highest BCUT2D eigenvalue weighted by Crippen LogP contribution is 2.22. The Hall–Kier alpha value is -1.76. The first kappa shape index (κ1) is 21.0. The van der Waals surface area contributed by atoms with Gasteiger partial charge in [-0.25, -0.2) is 0 Å². The van der Waals surface area contributed by atoms with E-state index in [1.807, 2.05) is 30.3 Å². The summed E-state index contributed by atoms with van der Waals surface area (Å²) in [5.41, 5.74) is 1.60. The highest BCUT2D eigenvalue weighted by Gasteiger charge is 2.10. The van der Waals surface area contributed by atoms with Crippen LogP contribution in [0.1, 0.15) is 30.1 Å². The summed E-state index contributed by atoms with van der Waals surface area (Å²) in [6.45, 7) is 3.60. The lowest BCUT2D eigenvalue weighted by molar-refractivity contribution is 0.0998. The molecular formula is C21H23ClN2O2S2. The van der Waals surface area contributed by atoms with Crippen molar-refractivity contribution in [3.05, 3.63) is 57.9 Å². The minimum atomic E-state index is -0.254. The molecule has 0 spiro atoms. The van der Waals surface area contributed by atoms with E-state index in [2.05, 4.69) is 22.7 Å². The fourth-order valence-corrected chi connectivity index (χ4v) is 4.41. The number of carbonyl (C=O) groups is 1. The second kappa shape index (κ2) is 10.1. The molecule has 0 unspecified atom stereocenters. The molecule has 0 saturated carbocycles. The first-order valence-corrected chi connectivity index (χ1v) is 11.8. The molecule has 1 aromatic heterocycles. The molecule has 148 valence electrons. The van der Waals surface area contributed by atoms with E-state index >= 15 is 0 Å². The van der Waals surface area contributed by atoms with Crippen molar-refractivity contribution in [2.45, 2.75) is 26.3 Å². The van der Waals surface area contributed by atoms with Crippen molar-refractivity contribution in [1.29, 1.82) is 0 Å². The third-order valence-electron chi connectivity index (χ3n) is 4.23. The number of amides is 1. The van der Waals surface area contributed by atoms with Gasteiger partial charge in [0.15, 0.2) is 4.80 Å². The molecule has 28 heavy (non-hydrogen) atoms. The molecule has 0 aliphatic carbocycles. The van der Waals surface area contributed by atoms with Crippen LogP contribution in [0.5, 0.6) is 5.75 Å². The zero-order chi connectivity index (χ0) is 19.9. The zero-order valence-corrected chi connectivity index (χ0v) is 18.4. The second-order valence-corrected chi connectivity index (χ2v) is 8.72. The number of nitrogens with zero attached hydrogens (tertiary/aromatic N) is 2. The van der Waals surface area contributed by atoms with Gasteiger partial charge in [-0.05, 0) is 55.1 Å². The number of unbranched alkanes of at least 4 members (excludes halogenated alkanes) is 1. The number of benzene rings is 2. The van der Waals surface area contributed by atoms with Gasteiger partial charge < -0.3 is 9.30 Å². The van der Waals surface area contributed by atoms with Crippen LogP contribution in [0.2, 0.25) is 5.02 Å². The van der Waals surface area contributed by atoms with Crippen LogP contribution in [0.25, 0.3) is 10.2 Å². The summed E-state index contributed by atoms with van der Waals surface area (Å²) < 4.78 is 8.77. The predicted octanol–water partition coefficient (Wildman–Crippen LogP) is 5.64. The fourth-order valence-electron chi connectivity index (χ4n) is 2.71. The summed E-state index contributed by atoms with van der Waals surface area (Å²) in [6, 6.07) is 13.0. The van der Waals surface area contributed by atoms with Crippen molar-refractivity contribution in [1.82, 2.24) is 4.57 Å². The van der Waals surface area contributed by atoms with Gasteiger partial charge in [-0.2, -0.15) is 16.8 Å². The van der Waals surface area contributed by atoms with E-state index in [0.29, 0.717) is 22.0 Å². The Bertz CT molecular complexity index is 1010. The average molecular weight is 435 g/mol. The minimum Gasteiger partial charge on any atom is -0.494 e. The number of carbonyl (C=O) groups excluding carboxylic acids is 1. The van der Waals surface area contributed by atoms with Gasteiger partial charge in [-0.1, -0.05) is 36.3 Å². The van der Waals surface area contributed by atoms with Gasteiger partial charge in [-0.15, -0.1) is 0 Å². The number of ether oxygens (including phenoxy) is 1. The van der Waals surface area contributed by atoms with Gasteiger partial charge in [0.05, 0.1) is 16.8 Å². The van der Waals surface area contributed by atoms with E-state index in [-0.39, 0.29) is 5.91 Å². The molecule has 0 atom stereocenters. The maximum absolute atomic E-state index is 12.7. The second-order valence-electron chi connectivity index (χ2n) is 6.28. The molecule has 2 aromatic carbocycles. The van der Waals surface area contributed by atoms with Crippen LogP contribution in [-0.4, -0.2) is 29.1 Å². The van der Waals surface area contributed by atoms with E-state index in [0.717, 1.165) is 41.1 Å². The molecule has 0 aliphatic heterocycles. The molecule has 1 amide bonds. The molecule has 0 fully saturated rings. The van der Waals surface area contributed by atoms with Crippen molar-refractivity contribution in [3.8, 4) is 5.75 Å². The molecule has 4 nitrogen and oxygen atoms in total. The molecule has 3 aromatic rings. The Kier molecular flexibility index (Phi) is 7.59. The third-order valence-corrected chi connectivity index (χ3v) is 6.10. The van der Waals surface area contributed by atoms with Gasteiger partial charge in [0.1, 0.15) is 5.75 Å². The maximum atomic E-state index is 12.7. The number of aryl methyl sites for hydroxylation is 1. The number of thiazole rings is 1. The van der Waals surface area contributed by atoms with Crippen LogP contribution in [0.15, 0.2) is 47.5 Å². The molecule has 0 bridgehead atoms. The lowest BCUT2D eigenvalue weighted by Gasteiger charge is -2.05. The van der Waals surface area contributed by atoms with Crippen LogP contribution in [0, 0.1) is 0 Å². The van der Waals surface area contributed by atoms with Crippen LogP contribution in [0.4, 0.5) is 0 Å². The summed E-state index contributed by atoms with van der Waals surface area (Å²) >= 11 is 9.38. The van der Waals surface area contributed by atoms with E-state index in [1.165, 1.54) is 11.3 Å².